The lowest BCUT2D eigenvalue weighted by Crippen LogP contribution is -2.32. The Bertz CT molecular complexity index is 637. The third-order valence-corrected chi connectivity index (χ3v) is 3.67. The predicted molar refractivity (Wildman–Crippen MR) is 89.4 cm³/mol. The molecule has 0 aliphatic carbocycles. The van der Waals surface area contributed by atoms with Gasteiger partial charge in [0, 0.05) is 30.3 Å². The molecule has 0 fully saturated rings. The molecule has 4 heteroatoms. The van der Waals surface area contributed by atoms with Crippen LogP contribution in [0.25, 0.3) is 10.8 Å². The number of hydrogen-bond acceptors (Lipinski definition) is 3. The predicted octanol–water partition coefficient (Wildman–Crippen LogP) is 3.31. The highest BCUT2D eigenvalue weighted by Gasteiger charge is 2.16. The first-order valence-electron chi connectivity index (χ1n) is 6.55. The van der Waals surface area contributed by atoms with Crippen LogP contribution in [0.3, 0.4) is 0 Å². The molecule has 3 N–H and O–H groups in total. The Labute approximate surface area is 125 Å². The van der Waals surface area contributed by atoms with Gasteiger partial charge in [-0.3, -0.25) is 0 Å². The summed E-state index contributed by atoms with van der Waals surface area (Å²) in [4.78, 5) is 0.421. The molecular weight excluding hydrogens is 268 g/mol. The second-order valence-electron chi connectivity index (χ2n) is 5.39. The molecule has 0 unspecified atom stereocenters. The van der Waals surface area contributed by atoms with Crippen LogP contribution in [0.15, 0.2) is 36.4 Å². The zero-order chi connectivity index (χ0) is 14.8. The van der Waals surface area contributed by atoms with E-state index in [-0.39, 0.29) is 5.60 Å². The van der Waals surface area contributed by atoms with E-state index in [9.17, 15) is 0 Å². The molecule has 0 spiro atoms. The van der Waals surface area contributed by atoms with Crippen LogP contribution in [0.5, 0.6) is 0 Å². The highest BCUT2D eigenvalue weighted by molar-refractivity contribution is 7.80. The van der Waals surface area contributed by atoms with Crippen LogP contribution in [0.1, 0.15) is 19.4 Å². The molecule has 0 radical (unpaired) electrons. The Morgan fingerprint density at radius 1 is 1.20 bits per heavy atom. The quantitative estimate of drug-likeness (QED) is 0.829. The van der Waals surface area contributed by atoms with Crippen LogP contribution in [0.4, 0.5) is 5.69 Å². The Kier molecular flexibility index (Phi) is 4.26. The lowest BCUT2D eigenvalue weighted by molar-refractivity contribution is 0.0344. The number of ether oxygens (including phenoxy) is 1. The van der Waals surface area contributed by atoms with E-state index < -0.39 is 0 Å². The first-order chi connectivity index (χ1) is 9.44. The van der Waals surface area contributed by atoms with Crippen LogP contribution in [0, 0.1) is 0 Å². The standard InChI is InChI=1S/C16H20N2OS/c1-16(2,19-3)10-18-14-9-8-13(15(17)20)11-6-4-5-7-12(11)14/h4-9,18H,10H2,1-3H3,(H2,17,20). The molecule has 106 valence electrons. The molecule has 0 heterocycles. The van der Waals surface area contributed by atoms with Gasteiger partial charge in [-0.05, 0) is 31.4 Å². The second-order valence-corrected chi connectivity index (χ2v) is 5.83. The minimum absolute atomic E-state index is 0.219. The first kappa shape index (κ1) is 14.8. The summed E-state index contributed by atoms with van der Waals surface area (Å²) in [7, 11) is 1.72. The van der Waals surface area contributed by atoms with Gasteiger partial charge in [0.2, 0.25) is 0 Å². The van der Waals surface area contributed by atoms with Gasteiger partial charge in [-0.1, -0.05) is 36.5 Å². The SMILES string of the molecule is COC(C)(C)CNc1ccc(C(N)=S)c2ccccc12. The molecule has 0 aromatic heterocycles. The molecule has 2 aromatic carbocycles. The first-order valence-corrected chi connectivity index (χ1v) is 6.96. The van der Waals surface area contributed by atoms with E-state index in [0.29, 0.717) is 4.99 Å². The van der Waals surface area contributed by atoms with Gasteiger partial charge in [0.05, 0.1) is 5.60 Å². The highest BCUT2D eigenvalue weighted by Crippen LogP contribution is 2.27. The maximum Gasteiger partial charge on any atom is 0.104 e. The Morgan fingerprint density at radius 2 is 1.85 bits per heavy atom. The molecule has 0 aliphatic rings. The number of thiocarbonyl (C=S) groups is 1. The summed E-state index contributed by atoms with van der Waals surface area (Å²) in [6.07, 6.45) is 0. The molecule has 0 atom stereocenters. The van der Waals surface area contributed by atoms with E-state index in [4.69, 9.17) is 22.7 Å². The molecule has 2 aromatic rings. The summed E-state index contributed by atoms with van der Waals surface area (Å²) >= 11 is 5.11. The molecule has 0 bridgehead atoms. The summed E-state index contributed by atoms with van der Waals surface area (Å²) in [6, 6.07) is 12.1. The average Bonchev–Trinajstić information content (AvgIpc) is 2.44. The van der Waals surface area contributed by atoms with Gasteiger partial charge < -0.3 is 15.8 Å². The van der Waals surface area contributed by atoms with E-state index in [0.717, 1.165) is 28.6 Å². The van der Waals surface area contributed by atoms with Gasteiger partial charge in [0.15, 0.2) is 0 Å². The maximum atomic E-state index is 5.79. The summed E-state index contributed by atoms with van der Waals surface area (Å²) in [5.74, 6) is 0. The van der Waals surface area contributed by atoms with Crippen molar-refractivity contribution in [2.24, 2.45) is 5.73 Å². The molecule has 0 saturated carbocycles. The molecular formula is C16H20N2OS. The Hall–Kier alpha value is -1.65. The normalized spacial score (nSPS) is 11.6. The minimum Gasteiger partial charge on any atom is -0.389 e. The van der Waals surface area contributed by atoms with E-state index in [2.05, 4.69) is 11.4 Å². The fourth-order valence-electron chi connectivity index (χ4n) is 2.05. The molecule has 2 rings (SSSR count). The number of fused-ring (bicyclic) bond motifs is 1. The number of nitrogens with two attached hydrogens (primary N) is 1. The van der Waals surface area contributed by atoms with Gasteiger partial charge in [-0.2, -0.15) is 0 Å². The van der Waals surface area contributed by atoms with Crippen LogP contribution < -0.4 is 11.1 Å². The molecule has 3 nitrogen and oxygen atoms in total. The van der Waals surface area contributed by atoms with Gasteiger partial charge in [0.1, 0.15) is 4.99 Å². The van der Waals surface area contributed by atoms with Crippen molar-refractivity contribution in [1.29, 1.82) is 0 Å². The van der Waals surface area contributed by atoms with Crippen LogP contribution in [0.2, 0.25) is 0 Å². The largest absolute Gasteiger partial charge is 0.389 e. The topological polar surface area (TPSA) is 47.3 Å². The molecule has 0 amide bonds. The van der Waals surface area contributed by atoms with Crippen LogP contribution in [-0.4, -0.2) is 24.2 Å². The summed E-state index contributed by atoms with van der Waals surface area (Å²) in [6.45, 7) is 4.82. The number of nitrogens with one attached hydrogen (secondary N) is 1. The third-order valence-electron chi connectivity index (χ3n) is 3.45. The van der Waals surface area contributed by atoms with Crippen molar-refractivity contribution in [3.8, 4) is 0 Å². The van der Waals surface area contributed by atoms with Crippen molar-refractivity contribution < 1.29 is 4.74 Å². The van der Waals surface area contributed by atoms with Gasteiger partial charge in [-0.25, -0.2) is 0 Å². The smallest absolute Gasteiger partial charge is 0.104 e. The Balaban J connectivity index is 2.41. The van der Waals surface area contributed by atoms with Crippen molar-refractivity contribution in [2.75, 3.05) is 19.0 Å². The van der Waals surface area contributed by atoms with E-state index in [1.54, 1.807) is 7.11 Å². The van der Waals surface area contributed by atoms with Gasteiger partial charge in [-0.15, -0.1) is 0 Å². The number of rotatable bonds is 5. The highest BCUT2D eigenvalue weighted by atomic mass is 32.1. The zero-order valence-corrected chi connectivity index (χ0v) is 12.9. The molecule has 20 heavy (non-hydrogen) atoms. The van der Waals surface area contributed by atoms with Crippen molar-refractivity contribution in [3.63, 3.8) is 0 Å². The van der Waals surface area contributed by atoms with E-state index >= 15 is 0 Å². The monoisotopic (exact) mass is 288 g/mol. The number of benzene rings is 2. The fraction of sp³-hybridized carbons (Fsp3) is 0.312. The summed E-state index contributed by atoms with van der Waals surface area (Å²) in [5.41, 5.74) is 7.54. The average molecular weight is 288 g/mol. The number of methoxy groups -OCH3 is 1. The van der Waals surface area contributed by atoms with Crippen molar-refractivity contribution in [3.05, 3.63) is 42.0 Å². The minimum atomic E-state index is -0.219. The van der Waals surface area contributed by atoms with Crippen LogP contribution in [-0.2, 0) is 4.74 Å². The van der Waals surface area contributed by atoms with Crippen molar-refractivity contribution in [2.45, 2.75) is 19.4 Å². The van der Waals surface area contributed by atoms with Crippen LogP contribution >= 0.6 is 12.2 Å². The number of anilines is 1. The fourth-order valence-corrected chi connectivity index (χ4v) is 2.23. The van der Waals surface area contributed by atoms with Crippen molar-refractivity contribution in [1.82, 2.24) is 0 Å². The zero-order valence-electron chi connectivity index (χ0n) is 12.1. The maximum absolute atomic E-state index is 5.79. The second kappa shape index (κ2) is 5.77. The molecule has 0 saturated heterocycles. The van der Waals surface area contributed by atoms with E-state index in [1.165, 1.54) is 0 Å². The third kappa shape index (κ3) is 3.08. The molecule has 0 aliphatic heterocycles. The van der Waals surface area contributed by atoms with Gasteiger partial charge >= 0.3 is 0 Å². The van der Waals surface area contributed by atoms with Crippen molar-refractivity contribution >= 4 is 33.7 Å². The Morgan fingerprint density at radius 3 is 2.45 bits per heavy atom. The van der Waals surface area contributed by atoms with Gasteiger partial charge in [0.25, 0.3) is 0 Å². The van der Waals surface area contributed by atoms with E-state index in [1.807, 2.05) is 44.2 Å². The number of hydrogen-bond donors (Lipinski definition) is 2. The summed E-state index contributed by atoms with van der Waals surface area (Å²) < 4.78 is 5.43. The summed E-state index contributed by atoms with van der Waals surface area (Å²) in [5, 5.41) is 5.62. The lowest BCUT2D eigenvalue weighted by Gasteiger charge is -2.24. The lowest BCUT2D eigenvalue weighted by atomic mass is 10.0.